The lowest BCUT2D eigenvalue weighted by Crippen LogP contribution is -2.55. The van der Waals surface area contributed by atoms with E-state index in [1.165, 1.54) is 28.3 Å². The molecule has 0 saturated carbocycles. The summed E-state index contributed by atoms with van der Waals surface area (Å²) in [7, 11) is 0. The molecular weight excluding hydrogens is 590 g/mol. The number of thioether (sulfide) groups is 1. The van der Waals surface area contributed by atoms with Crippen molar-refractivity contribution in [3.05, 3.63) is 70.1 Å². The molecule has 11 nitrogen and oxygen atoms in total. The first-order valence-electron chi connectivity index (χ1n) is 11.6. The van der Waals surface area contributed by atoms with Crippen molar-refractivity contribution in [1.29, 1.82) is 5.26 Å². The monoisotopic (exact) mass is 608 g/mol. The van der Waals surface area contributed by atoms with E-state index in [4.69, 9.17) is 21.1 Å². The fourth-order valence-corrected chi connectivity index (χ4v) is 6.16. The second-order valence-electron chi connectivity index (χ2n) is 8.54. The number of nitriles is 1. The number of phenolic OH excluding ortho intramolecular Hbond substituents is 1. The fourth-order valence-electron chi connectivity index (χ4n) is 4.12. The van der Waals surface area contributed by atoms with Gasteiger partial charge in [0, 0.05) is 22.7 Å². The number of nitrogens with zero attached hydrogens (tertiary/aromatic N) is 6. The van der Waals surface area contributed by atoms with E-state index in [-0.39, 0.29) is 22.9 Å². The lowest BCUT2D eigenvalue weighted by atomic mass is 9.97. The number of halogens is 3. The highest BCUT2D eigenvalue weighted by atomic mass is 35.5. The summed E-state index contributed by atoms with van der Waals surface area (Å²) in [6.07, 6.45) is 0.914. The van der Waals surface area contributed by atoms with E-state index in [0.29, 0.717) is 15.6 Å². The zero-order valence-electron chi connectivity index (χ0n) is 20.1. The van der Waals surface area contributed by atoms with Gasteiger partial charge in [0.1, 0.15) is 46.6 Å². The van der Waals surface area contributed by atoms with Crippen molar-refractivity contribution in [1.82, 2.24) is 25.0 Å². The van der Waals surface area contributed by atoms with Crippen LogP contribution in [0.25, 0.3) is 10.7 Å². The van der Waals surface area contributed by atoms with E-state index in [1.807, 2.05) is 6.07 Å². The number of hydrogen-bond acceptors (Lipinski definition) is 12. The molecule has 1 fully saturated rings. The maximum atomic E-state index is 14.0. The van der Waals surface area contributed by atoms with Crippen LogP contribution in [0.5, 0.6) is 5.75 Å². The third-order valence-electron chi connectivity index (χ3n) is 5.98. The molecule has 0 radical (unpaired) electrons. The highest BCUT2D eigenvalue weighted by Crippen LogP contribution is 2.41. The average molecular weight is 609 g/mol. The van der Waals surface area contributed by atoms with Gasteiger partial charge in [0.2, 0.25) is 0 Å². The molecule has 5 rings (SSSR count). The molecule has 1 aromatic carbocycles. The third kappa shape index (κ3) is 5.79. The van der Waals surface area contributed by atoms with E-state index >= 15 is 0 Å². The second kappa shape index (κ2) is 12.1. The van der Waals surface area contributed by atoms with Gasteiger partial charge in [0.25, 0.3) is 0 Å². The Morgan fingerprint density at radius 1 is 1.25 bits per heavy atom. The van der Waals surface area contributed by atoms with Crippen LogP contribution in [-0.2, 0) is 16.1 Å². The molecule has 40 heavy (non-hydrogen) atoms. The summed E-state index contributed by atoms with van der Waals surface area (Å²) in [5.41, 5.74) is -0.476. The van der Waals surface area contributed by atoms with E-state index in [1.54, 1.807) is 17.8 Å². The van der Waals surface area contributed by atoms with Gasteiger partial charge in [0.15, 0.2) is 23.1 Å². The molecule has 3 N–H and O–H groups in total. The quantitative estimate of drug-likeness (QED) is 0.269. The molecule has 1 aliphatic rings. The highest BCUT2D eigenvalue weighted by molar-refractivity contribution is 7.99. The van der Waals surface area contributed by atoms with E-state index < -0.39 is 53.8 Å². The number of hydrogen-bond donors (Lipinski definition) is 3. The summed E-state index contributed by atoms with van der Waals surface area (Å²) in [6, 6.07) is 4.29. The zero-order chi connectivity index (χ0) is 28.4. The largest absolute Gasteiger partial charge is 0.503 e. The second-order valence-corrected chi connectivity index (χ2v) is 11.0. The Bertz CT molecular complexity index is 1520. The molecule has 4 heterocycles. The van der Waals surface area contributed by atoms with E-state index in [2.05, 4.69) is 20.3 Å². The van der Waals surface area contributed by atoms with Crippen LogP contribution < -0.4 is 0 Å². The number of phenols is 1. The molecule has 1 saturated heterocycles. The van der Waals surface area contributed by atoms with Crippen LogP contribution >= 0.6 is 34.7 Å². The summed E-state index contributed by atoms with van der Waals surface area (Å²) in [5.74, 6) is -3.46. The molecule has 3 aromatic heterocycles. The minimum absolute atomic E-state index is 0.0504. The number of aliphatic hydroxyl groups is 2. The van der Waals surface area contributed by atoms with Crippen LogP contribution in [0, 0.1) is 23.0 Å². The Morgan fingerprint density at radius 2 is 2.02 bits per heavy atom. The standard InChI is InChI=1S/C24H19ClF2N6O5S2/c25-12-5-18(15(6-28)30-7-12)40-24-22(37-10-11-3-13(26)20(35)14(27)4-11)19(21(36)17(9-34)38-24)33-8-16(31-32-33)23-29-1-2-39-23/h1-5,7-8,17,19,21-22,24,34-36H,9-10H2/t17-,19+,21+,22-,24-/m1/s1. The Labute approximate surface area is 238 Å². The van der Waals surface area contributed by atoms with Crippen LogP contribution in [0.15, 0.2) is 47.1 Å². The van der Waals surface area contributed by atoms with Crippen molar-refractivity contribution in [2.45, 2.75) is 41.3 Å². The molecule has 0 unspecified atom stereocenters. The summed E-state index contributed by atoms with van der Waals surface area (Å²) in [6.45, 7) is -0.929. The lowest BCUT2D eigenvalue weighted by Gasteiger charge is -2.43. The van der Waals surface area contributed by atoms with Gasteiger partial charge in [-0.1, -0.05) is 28.6 Å². The van der Waals surface area contributed by atoms with Crippen LogP contribution in [-0.4, -0.2) is 70.6 Å². The van der Waals surface area contributed by atoms with Crippen LogP contribution in [0.2, 0.25) is 5.02 Å². The maximum Gasteiger partial charge on any atom is 0.187 e. The minimum atomic E-state index is -1.36. The number of aromatic nitrogens is 5. The molecule has 0 amide bonds. The first-order valence-corrected chi connectivity index (χ1v) is 13.7. The number of aliphatic hydroxyl groups excluding tert-OH is 2. The van der Waals surface area contributed by atoms with Gasteiger partial charge in [-0.3, -0.25) is 0 Å². The van der Waals surface area contributed by atoms with Crippen LogP contribution in [0.1, 0.15) is 17.3 Å². The Kier molecular flexibility index (Phi) is 8.57. The molecule has 0 spiro atoms. The predicted molar refractivity (Wildman–Crippen MR) is 138 cm³/mol. The topological polar surface area (TPSA) is 159 Å². The normalized spacial score (nSPS) is 22.8. The van der Waals surface area contributed by atoms with Gasteiger partial charge in [-0.15, -0.1) is 16.4 Å². The number of ether oxygens (including phenoxy) is 2. The first-order chi connectivity index (χ1) is 19.3. The van der Waals surface area contributed by atoms with Gasteiger partial charge in [-0.25, -0.2) is 23.4 Å². The summed E-state index contributed by atoms with van der Waals surface area (Å²) in [5, 5.41) is 51.1. The smallest absolute Gasteiger partial charge is 0.187 e. The maximum absolute atomic E-state index is 14.0. The Morgan fingerprint density at radius 3 is 2.70 bits per heavy atom. The van der Waals surface area contributed by atoms with Crippen LogP contribution in [0.3, 0.4) is 0 Å². The van der Waals surface area contributed by atoms with E-state index in [0.717, 1.165) is 23.9 Å². The summed E-state index contributed by atoms with van der Waals surface area (Å²) < 4.78 is 41.5. The molecule has 208 valence electrons. The Hall–Kier alpha value is -3.23. The van der Waals surface area contributed by atoms with Crippen molar-refractivity contribution in [2.75, 3.05) is 6.61 Å². The van der Waals surface area contributed by atoms with Crippen molar-refractivity contribution in [3.8, 4) is 22.5 Å². The van der Waals surface area contributed by atoms with Gasteiger partial charge in [-0.2, -0.15) is 5.26 Å². The molecular formula is C24H19ClF2N6O5S2. The molecule has 4 aromatic rings. The number of benzene rings is 1. The Balaban J connectivity index is 1.54. The predicted octanol–water partition coefficient (Wildman–Crippen LogP) is 3.30. The van der Waals surface area contributed by atoms with Gasteiger partial charge >= 0.3 is 0 Å². The highest BCUT2D eigenvalue weighted by Gasteiger charge is 2.48. The molecule has 0 bridgehead atoms. The molecule has 5 atom stereocenters. The number of thiazole rings is 1. The van der Waals surface area contributed by atoms with E-state index in [9.17, 15) is 29.4 Å². The van der Waals surface area contributed by atoms with Crippen molar-refractivity contribution < 1.29 is 33.6 Å². The lowest BCUT2D eigenvalue weighted by molar-refractivity contribution is -0.196. The van der Waals surface area contributed by atoms with Gasteiger partial charge in [-0.05, 0) is 23.8 Å². The van der Waals surface area contributed by atoms with Gasteiger partial charge < -0.3 is 24.8 Å². The molecule has 1 aliphatic heterocycles. The zero-order valence-corrected chi connectivity index (χ0v) is 22.5. The SMILES string of the molecule is N#Cc1ncc(Cl)cc1S[C@H]1O[C@H](CO)[C@H](O)[C@H](n2cc(-c3nccs3)nn2)[C@H]1OCc1cc(F)c(O)c(F)c1. The average Bonchev–Trinajstić information content (AvgIpc) is 3.64. The first kappa shape index (κ1) is 28.3. The van der Waals surface area contributed by atoms with Gasteiger partial charge in [0.05, 0.1) is 24.4 Å². The van der Waals surface area contributed by atoms with Crippen molar-refractivity contribution in [2.24, 2.45) is 0 Å². The number of aromatic hydroxyl groups is 1. The number of rotatable bonds is 8. The molecule has 0 aliphatic carbocycles. The summed E-state index contributed by atoms with van der Waals surface area (Å²) in [4.78, 5) is 8.57. The van der Waals surface area contributed by atoms with Crippen LogP contribution in [0.4, 0.5) is 8.78 Å². The van der Waals surface area contributed by atoms with Crippen molar-refractivity contribution >= 4 is 34.7 Å². The van der Waals surface area contributed by atoms with Crippen molar-refractivity contribution in [3.63, 3.8) is 0 Å². The summed E-state index contributed by atoms with van der Waals surface area (Å²) >= 11 is 8.45. The fraction of sp³-hybridized carbons (Fsp3) is 0.292. The number of pyridine rings is 1. The molecule has 16 heteroatoms. The third-order valence-corrected chi connectivity index (χ3v) is 8.16. The minimum Gasteiger partial charge on any atom is -0.503 e.